The van der Waals surface area contributed by atoms with Crippen molar-refractivity contribution in [1.82, 2.24) is 14.9 Å². The normalized spacial score (nSPS) is 11.2. The molecule has 1 amide bonds. The van der Waals surface area contributed by atoms with Crippen LogP contribution in [0.1, 0.15) is 36.7 Å². The molecule has 0 saturated heterocycles. The van der Waals surface area contributed by atoms with Crippen molar-refractivity contribution in [3.63, 3.8) is 0 Å². The number of fused-ring (bicyclic) bond motifs is 1. The topological polar surface area (TPSA) is 65.4 Å². The Kier molecular flexibility index (Phi) is 7.46. The minimum atomic E-state index is -0.121. The van der Waals surface area contributed by atoms with Crippen molar-refractivity contribution in [3.8, 4) is 5.75 Å². The van der Waals surface area contributed by atoms with Crippen molar-refractivity contribution in [2.24, 2.45) is 0 Å². The number of aryl methyl sites for hydroxylation is 1. The fourth-order valence-corrected chi connectivity index (χ4v) is 3.55. The van der Waals surface area contributed by atoms with Crippen molar-refractivity contribution in [2.45, 2.75) is 39.7 Å². The molecule has 2 aromatic carbocycles. The second kappa shape index (κ2) is 10.3. The molecule has 3 aromatic rings. The molecule has 0 bridgehead atoms. The summed E-state index contributed by atoms with van der Waals surface area (Å²) in [4.78, 5) is 16.4. The van der Waals surface area contributed by atoms with Gasteiger partial charge < -0.3 is 19.4 Å². The minimum absolute atomic E-state index is 0.0684. The summed E-state index contributed by atoms with van der Waals surface area (Å²) in [6.07, 6.45) is 0.645. The van der Waals surface area contributed by atoms with Crippen LogP contribution in [0.15, 0.2) is 42.5 Å². The summed E-state index contributed by atoms with van der Waals surface area (Å²) in [5.41, 5.74) is 4.44. The van der Waals surface area contributed by atoms with Gasteiger partial charge in [0.05, 0.1) is 17.6 Å². The predicted molar refractivity (Wildman–Crippen MR) is 119 cm³/mol. The van der Waals surface area contributed by atoms with E-state index < -0.39 is 0 Å². The lowest BCUT2D eigenvalue weighted by Gasteiger charge is -2.16. The van der Waals surface area contributed by atoms with Crippen LogP contribution in [0.2, 0.25) is 0 Å². The van der Waals surface area contributed by atoms with Crippen molar-refractivity contribution in [1.29, 1.82) is 0 Å². The zero-order valence-corrected chi connectivity index (χ0v) is 18.3. The molecule has 0 aliphatic heterocycles. The van der Waals surface area contributed by atoms with Crippen molar-refractivity contribution < 1.29 is 14.3 Å². The molecule has 0 spiro atoms. The van der Waals surface area contributed by atoms with Gasteiger partial charge in [-0.15, -0.1) is 0 Å². The van der Waals surface area contributed by atoms with Gasteiger partial charge >= 0.3 is 0 Å². The van der Waals surface area contributed by atoms with Crippen LogP contribution in [0.3, 0.4) is 0 Å². The lowest BCUT2D eigenvalue weighted by molar-refractivity contribution is -0.124. The highest BCUT2D eigenvalue weighted by Crippen LogP contribution is 2.27. The largest absolute Gasteiger partial charge is 0.491 e. The molecular formula is C24H31N3O3. The number of methoxy groups -OCH3 is 1. The Morgan fingerprint density at radius 1 is 1.20 bits per heavy atom. The number of para-hydroxylation sites is 2. The molecule has 6 nitrogen and oxygen atoms in total. The van der Waals surface area contributed by atoms with Gasteiger partial charge in [-0.3, -0.25) is 4.79 Å². The van der Waals surface area contributed by atoms with Crippen LogP contribution in [0.25, 0.3) is 11.0 Å². The quantitative estimate of drug-likeness (QED) is 0.552. The molecule has 6 heteroatoms. The Morgan fingerprint density at radius 2 is 2.00 bits per heavy atom. The summed E-state index contributed by atoms with van der Waals surface area (Å²) in [5.74, 6) is 2.17. The van der Waals surface area contributed by atoms with E-state index in [0.29, 0.717) is 32.0 Å². The Morgan fingerprint density at radius 3 is 2.77 bits per heavy atom. The van der Waals surface area contributed by atoms with Gasteiger partial charge in [0, 0.05) is 20.1 Å². The van der Waals surface area contributed by atoms with Crippen LogP contribution in [-0.4, -0.2) is 42.3 Å². The fourth-order valence-electron chi connectivity index (χ4n) is 3.55. The van der Waals surface area contributed by atoms with E-state index in [9.17, 15) is 4.79 Å². The SMILES string of the molecule is COCC(=O)NCCc1nc2ccccc2n1CCOc1cc(C)ccc1C(C)C. The third-order valence-corrected chi connectivity index (χ3v) is 5.04. The number of ether oxygens (including phenoxy) is 2. The van der Waals surface area contributed by atoms with Gasteiger partial charge in [0.1, 0.15) is 24.8 Å². The van der Waals surface area contributed by atoms with Gasteiger partial charge in [0.15, 0.2) is 0 Å². The van der Waals surface area contributed by atoms with E-state index in [-0.39, 0.29) is 12.5 Å². The molecule has 1 aromatic heterocycles. The van der Waals surface area contributed by atoms with Crippen molar-refractivity contribution in [3.05, 3.63) is 59.4 Å². The average molecular weight is 410 g/mol. The molecular weight excluding hydrogens is 378 g/mol. The second-order valence-corrected chi connectivity index (χ2v) is 7.75. The molecule has 3 rings (SSSR count). The molecule has 0 saturated carbocycles. The molecule has 0 radical (unpaired) electrons. The van der Waals surface area contributed by atoms with Crippen molar-refractivity contribution in [2.75, 3.05) is 26.9 Å². The zero-order chi connectivity index (χ0) is 21.5. The third kappa shape index (κ3) is 5.39. The van der Waals surface area contributed by atoms with Crippen LogP contribution in [0.4, 0.5) is 0 Å². The molecule has 0 fully saturated rings. The van der Waals surface area contributed by atoms with Crippen LogP contribution in [0, 0.1) is 6.92 Å². The number of carbonyl (C=O) groups is 1. The number of carbonyl (C=O) groups excluding carboxylic acids is 1. The minimum Gasteiger partial charge on any atom is -0.491 e. The van der Waals surface area contributed by atoms with Gasteiger partial charge in [-0.05, 0) is 42.2 Å². The van der Waals surface area contributed by atoms with Crippen LogP contribution < -0.4 is 10.1 Å². The van der Waals surface area contributed by atoms with E-state index >= 15 is 0 Å². The highest BCUT2D eigenvalue weighted by Gasteiger charge is 2.12. The Balaban J connectivity index is 1.72. The maximum Gasteiger partial charge on any atom is 0.245 e. The zero-order valence-electron chi connectivity index (χ0n) is 18.3. The van der Waals surface area contributed by atoms with Crippen molar-refractivity contribution >= 4 is 16.9 Å². The number of benzene rings is 2. The summed E-state index contributed by atoms with van der Waals surface area (Å²) in [6.45, 7) is 8.25. The van der Waals surface area contributed by atoms with Gasteiger partial charge in [-0.25, -0.2) is 4.98 Å². The molecule has 0 atom stereocenters. The Bertz CT molecular complexity index is 995. The number of hydrogen-bond acceptors (Lipinski definition) is 4. The summed E-state index contributed by atoms with van der Waals surface area (Å²) >= 11 is 0. The van der Waals surface area contributed by atoms with Crippen LogP contribution >= 0.6 is 0 Å². The lowest BCUT2D eigenvalue weighted by atomic mass is 10.0. The van der Waals surface area contributed by atoms with Gasteiger partial charge in [0.25, 0.3) is 0 Å². The fraction of sp³-hybridized carbons (Fsp3) is 0.417. The molecule has 0 aliphatic carbocycles. The Labute approximate surface area is 178 Å². The van der Waals surface area contributed by atoms with Gasteiger partial charge in [-0.2, -0.15) is 0 Å². The standard InChI is InChI=1S/C24H31N3O3/c1-17(2)19-10-9-18(3)15-22(19)30-14-13-27-21-8-6-5-7-20(21)26-23(27)11-12-25-24(28)16-29-4/h5-10,15,17H,11-14,16H2,1-4H3,(H,25,28). The molecule has 30 heavy (non-hydrogen) atoms. The van der Waals surface area contributed by atoms with E-state index in [0.717, 1.165) is 22.6 Å². The maximum atomic E-state index is 11.7. The summed E-state index contributed by atoms with van der Waals surface area (Å²) in [6, 6.07) is 14.5. The van der Waals surface area contributed by atoms with E-state index in [4.69, 9.17) is 14.5 Å². The molecule has 160 valence electrons. The first-order valence-electron chi connectivity index (χ1n) is 10.4. The highest BCUT2D eigenvalue weighted by atomic mass is 16.5. The first-order chi connectivity index (χ1) is 14.5. The summed E-state index contributed by atoms with van der Waals surface area (Å²) < 4.78 is 13.2. The van der Waals surface area contributed by atoms with E-state index in [1.165, 1.54) is 18.2 Å². The predicted octanol–water partition coefficient (Wildman–Crippen LogP) is 3.85. The molecule has 1 N–H and O–H groups in total. The third-order valence-electron chi connectivity index (χ3n) is 5.04. The van der Waals surface area contributed by atoms with E-state index in [1.54, 1.807) is 0 Å². The number of nitrogens with one attached hydrogen (secondary N) is 1. The maximum absolute atomic E-state index is 11.7. The second-order valence-electron chi connectivity index (χ2n) is 7.75. The van der Waals surface area contributed by atoms with Gasteiger partial charge in [0.2, 0.25) is 5.91 Å². The first kappa shape index (κ1) is 21.8. The molecule has 0 aliphatic rings. The van der Waals surface area contributed by atoms with Gasteiger partial charge in [-0.1, -0.05) is 38.1 Å². The number of amides is 1. The molecule has 1 heterocycles. The Hall–Kier alpha value is -2.86. The number of rotatable bonds is 10. The van der Waals surface area contributed by atoms with E-state index in [1.807, 2.05) is 18.2 Å². The number of nitrogens with zero attached hydrogens (tertiary/aromatic N) is 2. The number of hydrogen-bond donors (Lipinski definition) is 1. The smallest absolute Gasteiger partial charge is 0.245 e. The molecule has 0 unspecified atom stereocenters. The monoisotopic (exact) mass is 409 g/mol. The van der Waals surface area contributed by atoms with Crippen LogP contribution in [-0.2, 0) is 22.5 Å². The average Bonchev–Trinajstić information content (AvgIpc) is 3.06. The first-order valence-corrected chi connectivity index (χ1v) is 10.4. The highest BCUT2D eigenvalue weighted by molar-refractivity contribution is 5.77. The van der Waals surface area contributed by atoms with E-state index in [2.05, 4.69) is 54.9 Å². The number of imidazole rings is 1. The summed E-state index contributed by atoms with van der Waals surface area (Å²) in [5, 5.41) is 2.86. The number of aromatic nitrogens is 2. The van der Waals surface area contributed by atoms with Crippen LogP contribution in [0.5, 0.6) is 5.75 Å². The lowest BCUT2D eigenvalue weighted by Crippen LogP contribution is -2.29. The summed E-state index contributed by atoms with van der Waals surface area (Å²) in [7, 11) is 1.51.